The number of aliphatic imine (C=N–C) groups is 1. The average Bonchev–Trinajstić information content (AvgIpc) is 3.01. The third kappa shape index (κ3) is 5.42. The van der Waals surface area contributed by atoms with Gasteiger partial charge in [-0.05, 0) is 33.6 Å². The van der Waals surface area contributed by atoms with Gasteiger partial charge in [-0.15, -0.1) is 24.0 Å². The van der Waals surface area contributed by atoms with Crippen molar-refractivity contribution in [3.8, 4) is 0 Å². The molecule has 0 atom stereocenters. The summed E-state index contributed by atoms with van der Waals surface area (Å²) >= 11 is 0. The van der Waals surface area contributed by atoms with Crippen LogP contribution in [0, 0.1) is 13.8 Å². The van der Waals surface area contributed by atoms with Crippen LogP contribution in [-0.2, 0) is 6.54 Å². The van der Waals surface area contributed by atoms with Crippen molar-refractivity contribution in [1.29, 1.82) is 0 Å². The minimum Gasteiger partial charge on any atom is -0.444 e. The Bertz CT molecular complexity index is 476. The Labute approximate surface area is 149 Å². The van der Waals surface area contributed by atoms with Crippen LogP contribution in [-0.4, -0.2) is 34.7 Å². The predicted molar refractivity (Wildman–Crippen MR) is 97.6 cm³/mol. The lowest BCUT2D eigenvalue weighted by Crippen LogP contribution is -2.46. The highest BCUT2D eigenvalue weighted by atomic mass is 127. The lowest BCUT2D eigenvalue weighted by molar-refractivity contribution is 0.0522. The van der Waals surface area contributed by atoms with E-state index in [2.05, 4.69) is 20.6 Å². The summed E-state index contributed by atoms with van der Waals surface area (Å²) in [7, 11) is 0. The van der Waals surface area contributed by atoms with Gasteiger partial charge < -0.3 is 20.2 Å². The second-order valence-corrected chi connectivity index (χ2v) is 5.73. The van der Waals surface area contributed by atoms with Gasteiger partial charge in [-0.1, -0.05) is 12.8 Å². The minimum atomic E-state index is -0.591. The quantitative estimate of drug-likeness (QED) is 0.385. The van der Waals surface area contributed by atoms with Crippen LogP contribution in [0.15, 0.2) is 9.41 Å². The highest BCUT2D eigenvalue weighted by molar-refractivity contribution is 14.0. The first-order valence-corrected chi connectivity index (χ1v) is 7.70. The number of aliphatic hydroxyl groups is 1. The summed E-state index contributed by atoms with van der Waals surface area (Å²) in [6.45, 7) is 7.53. The average molecular weight is 422 g/mol. The van der Waals surface area contributed by atoms with Gasteiger partial charge in [0.15, 0.2) is 5.96 Å². The van der Waals surface area contributed by atoms with E-state index in [9.17, 15) is 5.11 Å². The van der Waals surface area contributed by atoms with Gasteiger partial charge in [-0.25, -0.2) is 9.98 Å². The van der Waals surface area contributed by atoms with Gasteiger partial charge in [0.2, 0.25) is 5.89 Å². The molecule has 1 aromatic heterocycles. The third-order valence-electron chi connectivity index (χ3n) is 3.91. The molecular weight excluding hydrogens is 395 g/mol. The number of aromatic nitrogens is 1. The molecule has 0 aliphatic heterocycles. The number of oxazole rings is 1. The number of hydrogen-bond donors (Lipinski definition) is 3. The van der Waals surface area contributed by atoms with Crippen molar-refractivity contribution in [2.45, 2.75) is 58.6 Å². The monoisotopic (exact) mass is 422 g/mol. The van der Waals surface area contributed by atoms with Gasteiger partial charge in [-0.3, -0.25) is 0 Å². The molecule has 2 rings (SSSR count). The van der Waals surface area contributed by atoms with Crippen LogP contribution >= 0.6 is 24.0 Å². The summed E-state index contributed by atoms with van der Waals surface area (Å²) in [5.74, 6) is 2.13. The van der Waals surface area contributed by atoms with Gasteiger partial charge >= 0.3 is 0 Å². The van der Waals surface area contributed by atoms with E-state index >= 15 is 0 Å². The maximum atomic E-state index is 10.4. The van der Waals surface area contributed by atoms with Gasteiger partial charge in [0, 0.05) is 13.1 Å². The second kappa shape index (κ2) is 8.71. The fourth-order valence-corrected chi connectivity index (χ4v) is 2.55. The summed E-state index contributed by atoms with van der Waals surface area (Å²) < 4.78 is 5.52. The normalized spacial score (nSPS) is 17.2. The summed E-state index contributed by atoms with van der Waals surface area (Å²) in [4.78, 5) is 8.77. The van der Waals surface area contributed by atoms with Gasteiger partial charge in [0.25, 0.3) is 0 Å². The predicted octanol–water partition coefficient (Wildman–Crippen LogP) is 2.27. The molecule has 0 unspecified atom stereocenters. The summed E-state index contributed by atoms with van der Waals surface area (Å²) in [5, 5.41) is 16.7. The molecular formula is C15H27IN4O2. The van der Waals surface area contributed by atoms with Crippen molar-refractivity contribution in [2.24, 2.45) is 4.99 Å². The first-order chi connectivity index (χ1) is 10.0. The Hall–Kier alpha value is -0.830. The molecule has 126 valence electrons. The number of guanidine groups is 1. The molecule has 3 N–H and O–H groups in total. The molecule has 1 fully saturated rings. The smallest absolute Gasteiger partial charge is 0.216 e. The third-order valence-corrected chi connectivity index (χ3v) is 3.91. The number of nitrogens with one attached hydrogen (secondary N) is 2. The SMILES string of the molecule is CCNC(=NCc1nc(C)c(C)o1)NCC1(O)CCCC1.I. The van der Waals surface area contributed by atoms with E-state index in [0.717, 1.165) is 43.7 Å². The van der Waals surface area contributed by atoms with Crippen molar-refractivity contribution in [3.63, 3.8) is 0 Å². The molecule has 7 heteroatoms. The van der Waals surface area contributed by atoms with Crippen molar-refractivity contribution in [3.05, 3.63) is 17.3 Å². The van der Waals surface area contributed by atoms with Gasteiger partial charge in [-0.2, -0.15) is 0 Å². The summed E-state index contributed by atoms with van der Waals surface area (Å²) in [6, 6.07) is 0. The molecule has 1 heterocycles. The largest absolute Gasteiger partial charge is 0.444 e. The molecule has 0 amide bonds. The molecule has 1 aromatic rings. The Morgan fingerprint density at radius 1 is 1.32 bits per heavy atom. The number of rotatable bonds is 5. The first kappa shape index (κ1) is 19.2. The van der Waals surface area contributed by atoms with E-state index < -0.39 is 5.60 Å². The molecule has 1 saturated carbocycles. The maximum absolute atomic E-state index is 10.4. The van der Waals surface area contributed by atoms with Crippen molar-refractivity contribution < 1.29 is 9.52 Å². The lowest BCUT2D eigenvalue weighted by atomic mass is 10.0. The van der Waals surface area contributed by atoms with Gasteiger partial charge in [0.05, 0.1) is 11.3 Å². The Kier molecular flexibility index (Phi) is 7.61. The van der Waals surface area contributed by atoms with E-state index in [0.29, 0.717) is 24.9 Å². The zero-order valence-electron chi connectivity index (χ0n) is 13.6. The minimum absolute atomic E-state index is 0. The molecule has 22 heavy (non-hydrogen) atoms. The molecule has 0 saturated heterocycles. The van der Waals surface area contributed by atoms with Crippen molar-refractivity contribution in [1.82, 2.24) is 15.6 Å². The Morgan fingerprint density at radius 3 is 2.55 bits per heavy atom. The fraction of sp³-hybridized carbons (Fsp3) is 0.733. The highest BCUT2D eigenvalue weighted by Crippen LogP contribution is 2.28. The number of nitrogens with zero attached hydrogens (tertiary/aromatic N) is 2. The van der Waals surface area contributed by atoms with E-state index in [1.165, 1.54) is 0 Å². The van der Waals surface area contributed by atoms with Crippen LogP contribution in [0.25, 0.3) is 0 Å². The molecule has 1 aliphatic rings. The standard InChI is InChI=1S/C15H26N4O2.HI/c1-4-16-14(18-10-15(20)7-5-6-8-15)17-9-13-19-11(2)12(3)21-13;/h20H,4-10H2,1-3H3,(H2,16,17,18);1H. The molecule has 0 bridgehead atoms. The van der Waals surface area contributed by atoms with Crippen LogP contribution in [0.5, 0.6) is 0 Å². The zero-order chi connectivity index (χ0) is 15.3. The molecule has 0 radical (unpaired) electrons. The van der Waals surface area contributed by atoms with Crippen molar-refractivity contribution in [2.75, 3.05) is 13.1 Å². The summed E-state index contributed by atoms with van der Waals surface area (Å²) in [6.07, 6.45) is 3.91. The van der Waals surface area contributed by atoms with Crippen LogP contribution in [0.2, 0.25) is 0 Å². The van der Waals surface area contributed by atoms with Gasteiger partial charge in [0.1, 0.15) is 12.3 Å². The number of hydrogen-bond acceptors (Lipinski definition) is 4. The lowest BCUT2D eigenvalue weighted by Gasteiger charge is -2.23. The fourth-order valence-electron chi connectivity index (χ4n) is 2.55. The highest BCUT2D eigenvalue weighted by Gasteiger charge is 2.30. The Balaban J connectivity index is 0.00000242. The van der Waals surface area contributed by atoms with Crippen LogP contribution in [0.4, 0.5) is 0 Å². The topological polar surface area (TPSA) is 82.7 Å². The van der Waals surface area contributed by atoms with E-state index in [1.54, 1.807) is 0 Å². The summed E-state index contributed by atoms with van der Waals surface area (Å²) in [5.41, 5.74) is 0.310. The second-order valence-electron chi connectivity index (χ2n) is 5.73. The number of aryl methyl sites for hydroxylation is 2. The molecule has 6 nitrogen and oxygen atoms in total. The van der Waals surface area contributed by atoms with Crippen LogP contribution in [0.1, 0.15) is 50.0 Å². The number of halogens is 1. The zero-order valence-corrected chi connectivity index (χ0v) is 15.9. The molecule has 0 aromatic carbocycles. The van der Waals surface area contributed by atoms with E-state index in [4.69, 9.17) is 4.42 Å². The van der Waals surface area contributed by atoms with Crippen LogP contribution < -0.4 is 10.6 Å². The maximum Gasteiger partial charge on any atom is 0.216 e. The van der Waals surface area contributed by atoms with E-state index in [-0.39, 0.29) is 24.0 Å². The van der Waals surface area contributed by atoms with Crippen molar-refractivity contribution >= 4 is 29.9 Å². The van der Waals surface area contributed by atoms with E-state index in [1.807, 2.05) is 20.8 Å². The molecule has 1 aliphatic carbocycles. The Morgan fingerprint density at radius 2 is 2.00 bits per heavy atom. The van der Waals surface area contributed by atoms with Crippen LogP contribution in [0.3, 0.4) is 0 Å². The first-order valence-electron chi connectivity index (χ1n) is 7.70. The molecule has 0 spiro atoms.